The minimum absolute atomic E-state index is 0.398. The highest BCUT2D eigenvalue weighted by Gasteiger charge is 2.22. The number of aromatic nitrogens is 1. The lowest BCUT2D eigenvalue weighted by atomic mass is 10.0. The number of hydrogen-bond acceptors (Lipinski definition) is 4. The minimum atomic E-state index is -0.772. The average molecular weight is 352 g/mol. The molecule has 0 saturated carbocycles. The summed E-state index contributed by atoms with van der Waals surface area (Å²) in [6.07, 6.45) is 0.398. The Morgan fingerprint density at radius 1 is 1.12 bits per heavy atom. The summed E-state index contributed by atoms with van der Waals surface area (Å²) in [5, 5.41) is 1.11. The molecule has 0 radical (unpaired) electrons. The van der Waals surface area contributed by atoms with Gasteiger partial charge in [0.2, 0.25) is 0 Å². The Kier molecular flexibility index (Phi) is 5.40. The van der Waals surface area contributed by atoms with Crippen LogP contribution in [0.5, 0.6) is 0 Å². The second-order valence-electron chi connectivity index (χ2n) is 6.47. The Morgan fingerprint density at radius 3 is 2.54 bits per heavy atom. The summed E-state index contributed by atoms with van der Waals surface area (Å²) >= 11 is 0. The Balaban J connectivity index is 2.01. The lowest BCUT2D eigenvalue weighted by Gasteiger charge is -2.12. The van der Waals surface area contributed by atoms with Crippen LogP contribution in [-0.2, 0) is 27.5 Å². The summed E-state index contributed by atoms with van der Waals surface area (Å²) in [4.78, 5) is 20.9. The van der Waals surface area contributed by atoms with E-state index < -0.39 is 12.0 Å². The van der Waals surface area contributed by atoms with E-state index in [2.05, 4.69) is 58.5 Å². The van der Waals surface area contributed by atoms with Crippen LogP contribution in [0.25, 0.3) is 10.9 Å². The van der Waals surface area contributed by atoms with Gasteiger partial charge in [-0.15, -0.1) is 0 Å². The maximum atomic E-state index is 11.9. The zero-order valence-electron chi connectivity index (χ0n) is 15.4. The van der Waals surface area contributed by atoms with Crippen molar-refractivity contribution in [3.8, 4) is 0 Å². The Labute approximate surface area is 153 Å². The Hall–Kier alpha value is -2.63. The fourth-order valence-electron chi connectivity index (χ4n) is 3.37. The van der Waals surface area contributed by atoms with Crippen LogP contribution in [0.4, 0.5) is 0 Å². The zero-order valence-corrected chi connectivity index (χ0v) is 15.4. The number of benzene rings is 2. The second-order valence-corrected chi connectivity index (χ2v) is 6.47. The molecule has 0 unspecified atom stereocenters. The molecule has 0 spiro atoms. The number of carbonyl (C=O) groups is 1. The summed E-state index contributed by atoms with van der Waals surface area (Å²) in [7, 11) is 1.30. The zero-order chi connectivity index (χ0) is 18.7. The van der Waals surface area contributed by atoms with E-state index in [0.717, 1.165) is 28.7 Å². The first-order chi connectivity index (χ1) is 12.5. The number of aryl methyl sites for hydroxylation is 1. The van der Waals surface area contributed by atoms with E-state index in [4.69, 9.17) is 5.73 Å². The molecule has 1 heterocycles. The van der Waals surface area contributed by atoms with Gasteiger partial charge >= 0.3 is 5.97 Å². The molecule has 0 saturated heterocycles. The standard InChI is InChI=1S/C21H24N2O3/c1-14-8-4-5-9-16(14)13-23-15(2)18(12-19(22)21(24)26-25-3)17-10-6-7-11-20(17)23/h4-11,19H,12-13,22H2,1-3H3/t19-/m0/s1. The third-order valence-electron chi connectivity index (χ3n) is 4.84. The molecule has 0 bridgehead atoms. The van der Waals surface area contributed by atoms with E-state index in [1.165, 1.54) is 18.2 Å². The highest BCUT2D eigenvalue weighted by molar-refractivity contribution is 5.87. The van der Waals surface area contributed by atoms with Crippen molar-refractivity contribution in [3.63, 3.8) is 0 Å². The van der Waals surface area contributed by atoms with Crippen molar-refractivity contribution >= 4 is 16.9 Å². The van der Waals surface area contributed by atoms with Gasteiger partial charge < -0.3 is 10.3 Å². The van der Waals surface area contributed by atoms with Crippen molar-refractivity contribution in [1.82, 2.24) is 4.57 Å². The first kappa shape index (κ1) is 18.2. The summed E-state index contributed by atoms with van der Waals surface area (Å²) < 4.78 is 2.28. The summed E-state index contributed by atoms with van der Waals surface area (Å²) in [5.74, 6) is -0.567. The van der Waals surface area contributed by atoms with Crippen LogP contribution in [0.1, 0.15) is 22.4 Å². The van der Waals surface area contributed by atoms with Crippen molar-refractivity contribution in [2.24, 2.45) is 5.73 Å². The van der Waals surface area contributed by atoms with Gasteiger partial charge in [0.15, 0.2) is 0 Å². The van der Waals surface area contributed by atoms with Gasteiger partial charge in [0.25, 0.3) is 0 Å². The van der Waals surface area contributed by atoms with Gasteiger partial charge in [0, 0.05) is 29.6 Å². The molecule has 0 amide bonds. The van der Waals surface area contributed by atoms with Gasteiger partial charge in [-0.3, -0.25) is 4.89 Å². The van der Waals surface area contributed by atoms with Gasteiger partial charge in [-0.25, -0.2) is 4.79 Å². The van der Waals surface area contributed by atoms with Crippen molar-refractivity contribution in [2.75, 3.05) is 7.11 Å². The van der Waals surface area contributed by atoms with E-state index in [1.54, 1.807) is 0 Å². The van der Waals surface area contributed by atoms with Crippen molar-refractivity contribution in [3.05, 3.63) is 70.9 Å². The summed E-state index contributed by atoms with van der Waals surface area (Å²) in [6, 6.07) is 15.8. The fourth-order valence-corrected chi connectivity index (χ4v) is 3.37. The molecule has 0 aliphatic rings. The van der Waals surface area contributed by atoms with Crippen molar-refractivity contribution < 1.29 is 14.6 Å². The quantitative estimate of drug-likeness (QED) is 0.546. The molecule has 3 aromatic rings. The minimum Gasteiger partial charge on any atom is -0.340 e. The predicted octanol–water partition coefficient (Wildman–Crippen LogP) is 3.28. The van der Waals surface area contributed by atoms with Crippen LogP contribution < -0.4 is 5.73 Å². The molecule has 136 valence electrons. The number of carbonyl (C=O) groups excluding carboxylic acids is 1. The van der Waals surface area contributed by atoms with E-state index in [0.29, 0.717) is 6.42 Å². The van der Waals surface area contributed by atoms with Crippen LogP contribution in [-0.4, -0.2) is 23.7 Å². The summed E-state index contributed by atoms with van der Waals surface area (Å²) in [5.41, 5.74) is 11.8. The van der Waals surface area contributed by atoms with Gasteiger partial charge in [0.1, 0.15) is 6.04 Å². The topological polar surface area (TPSA) is 66.5 Å². The maximum Gasteiger partial charge on any atom is 0.359 e. The third kappa shape index (κ3) is 3.49. The molecule has 2 aromatic carbocycles. The molecule has 1 aromatic heterocycles. The van der Waals surface area contributed by atoms with Gasteiger partial charge in [-0.1, -0.05) is 42.5 Å². The molecular formula is C21H24N2O3. The van der Waals surface area contributed by atoms with Crippen LogP contribution in [0.3, 0.4) is 0 Å². The molecule has 0 fully saturated rings. The molecular weight excluding hydrogens is 328 g/mol. The molecule has 5 nitrogen and oxygen atoms in total. The van der Waals surface area contributed by atoms with Crippen LogP contribution in [0, 0.1) is 13.8 Å². The Bertz CT molecular complexity index is 930. The number of para-hydroxylation sites is 1. The first-order valence-corrected chi connectivity index (χ1v) is 8.64. The molecule has 26 heavy (non-hydrogen) atoms. The highest BCUT2D eigenvalue weighted by atomic mass is 17.2. The highest BCUT2D eigenvalue weighted by Crippen LogP contribution is 2.28. The molecule has 0 aliphatic heterocycles. The third-order valence-corrected chi connectivity index (χ3v) is 4.84. The van der Waals surface area contributed by atoms with E-state index in [-0.39, 0.29) is 0 Å². The van der Waals surface area contributed by atoms with Crippen molar-refractivity contribution in [2.45, 2.75) is 32.9 Å². The number of fused-ring (bicyclic) bond motifs is 1. The largest absolute Gasteiger partial charge is 0.359 e. The van der Waals surface area contributed by atoms with Gasteiger partial charge in [0.05, 0.1) is 7.11 Å². The number of nitrogens with zero attached hydrogens (tertiary/aromatic N) is 1. The number of rotatable bonds is 6. The monoisotopic (exact) mass is 352 g/mol. The van der Waals surface area contributed by atoms with Crippen molar-refractivity contribution in [1.29, 1.82) is 0 Å². The van der Waals surface area contributed by atoms with Gasteiger partial charge in [-0.2, -0.15) is 4.89 Å². The molecule has 5 heteroatoms. The molecule has 1 atom stereocenters. The maximum absolute atomic E-state index is 11.9. The predicted molar refractivity (Wildman–Crippen MR) is 102 cm³/mol. The van der Waals surface area contributed by atoms with Crippen LogP contribution >= 0.6 is 0 Å². The second kappa shape index (κ2) is 7.72. The normalized spacial score (nSPS) is 12.3. The molecule has 0 aliphatic carbocycles. The first-order valence-electron chi connectivity index (χ1n) is 8.64. The summed E-state index contributed by atoms with van der Waals surface area (Å²) in [6.45, 7) is 4.96. The lowest BCUT2D eigenvalue weighted by Crippen LogP contribution is -2.34. The molecule has 3 rings (SSSR count). The average Bonchev–Trinajstić information content (AvgIpc) is 2.89. The Morgan fingerprint density at radius 2 is 1.81 bits per heavy atom. The van der Waals surface area contributed by atoms with E-state index in [1.807, 2.05) is 18.2 Å². The van der Waals surface area contributed by atoms with E-state index in [9.17, 15) is 4.79 Å². The smallest absolute Gasteiger partial charge is 0.340 e. The van der Waals surface area contributed by atoms with E-state index >= 15 is 0 Å². The van der Waals surface area contributed by atoms with Crippen LogP contribution in [0.2, 0.25) is 0 Å². The fraction of sp³-hybridized carbons (Fsp3) is 0.286. The van der Waals surface area contributed by atoms with Gasteiger partial charge in [-0.05, 0) is 36.6 Å². The number of nitrogens with two attached hydrogens (primary N) is 1. The molecule has 2 N–H and O–H groups in total. The van der Waals surface area contributed by atoms with Crippen LogP contribution in [0.15, 0.2) is 48.5 Å². The SMILES string of the molecule is COOC(=O)[C@@H](N)Cc1c(C)n(Cc2ccccc2C)c2ccccc12. The number of hydrogen-bond donors (Lipinski definition) is 1. The lowest BCUT2D eigenvalue weighted by molar-refractivity contribution is -0.256.